The molecule has 0 radical (unpaired) electrons. The average molecular weight is 357 g/mol. The van der Waals surface area contributed by atoms with Crippen molar-refractivity contribution in [2.75, 3.05) is 0 Å². The van der Waals surface area contributed by atoms with E-state index >= 15 is 0 Å². The fraction of sp³-hybridized carbons (Fsp3) is 0. The molecule has 0 fully saturated rings. The van der Waals surface area contributed by atoms with Crippen LogP contribution in [0.4, 0.5) is 0 Å². The molecule has 2 nitrogen and oxygen atoms in total. The van der Waals surface area contributed by atoms with Gasteiger partial charge in [0.25, 0.3) is 0 Å². The lowest BCUT2D eigenvalue weighted by molar-refractivity contribution is 0.104. The average Bonchev–Trinajstić information content (AvgIpc) is 3.09. The van der Waals surface area contributed by atoms with Gasteiger partial charge >= 0.3 is 0 Å². The van der Waals surface area contributed by atoms with Crippen LogP contribution >= 0.6 is 27.3 Å². The molecular formula is C17H9BrO2S. The Kier molecular flexibility index (Phi) is 2.94. The molecule has 4 heteroatoms. The van der Waals surface area contributed by atoms with E-state index in [1.54, 1.807) is 0 Å². The standard InChI is InChI=1S/C17H9BrO2S/c18-16-8-7-15(21-16)17(19)10-5-6-14-12(9-10)11-3-1-2-4-13(11)20-14/h1-9H. The molecule has 4 aromatic rings. The van der Waals surface area contributed by atoms with Gasteiger partial charge in [0.05, 0.1) is 8.66 Å². The van der Waals surface area contributed by atoms with Crippen LogP contribution in [0, 0.1) is 0 Å². The van der Waals surface area contributed by atoms with Crippen molar-refractivity contribution in [3.8, 4) is 0 Å². The van der Waals surface area contributed by atoms with E-state index in [0.717, 1.165) is 30.6 Å². The number of carbonyl (C=O) groups is 1. The molecule has 4 rings (SSSR count). The van der Waals surface area contributed by atoms with Crippen LogP contribution in [0.3, 0.4) is 0 Å². The largest absolute Gasteiger partial charge is 0.456 e. The van der Waals surface area contributed by atoms with Gasteiger partial charge in [0.1, 0.15) is 11.2 Å². The summed E-state index contributed by atoms with van der Waals surface area (Å²) in [5.41, 5.74) is 2.33. The van der Waals surface area contributed by atoms with Crippen molar-refractivity contribution in [3.63, 3.8) is 0 Å². The smallest absolute Gasteiger partial charge is 0.203 e. The maximum absolute atomic E-state index is 12.5. The van der Waals surface area contributed by atoms with Crippen molar-refractivity contribution in [3.05, 3.63) is 68.8 Å². The SMILES string of the molecule is O=C(c1ccc2oc3ccccc3c2c1)c1ccc(Br)s1. The Balaban J connectivity index is 1.90. The highest BCUT2D eigenvalue weighted by molar-refractivity contribution is 9.11. The fourth-order valence-corrected chi connectivity index (χ4v) is 3.79. The molecule has 2 aromatic heterocycles. The van der Waals surface area contributed by atoms with Gasteiger partial charge < -0.3 is 4.42 Å². The van der Waals surface area contributed by atoms with Crippen LogP contribution in [0.5, 0.6) is 0 Å². The third-order valence-electron chi connectivity index (χ3n) is 3.44. The molecule has 2 heterocycles. The zero-order chi connectivity index (χ0) is 14.4. The summed E-state index contributed by atoms with van der Waals surface area (Å²) in [5, 5.41) is 2.02. The highest BCUT2D eigenvalue weighted by Crippen LogP contribution is 2.31. The van der Waals surface area contributed by atoms with Crippen molar-refractivity contribution in [1.29, 1.82) is 0 Å². The number of fused-ring (bicyclic) bond motifs is 3. The monoisotopic (exact) mass is 356 g/mol. The number of thiophene rings is 1. The molecule has 0 aliphatic rings. The molecule has 0 amide bonds. The van der Waals surface area contributed by atoms with Gasteiger partial charge in [0.15, 0.2) is 0 Å². The van der Waals surface area contributed by atoms with E-state index in [4.69, 9.17) is 4.42 Å². The number of carbonyl (C=O) groups excluding carboxylic acids is 1. The van der Waals surface area contributed by atoms with Gasteiger partial charge in [-0.25, -0.2) is 0 Å². The quantitative estimate of drug-likeness (QED) is 0.435. The summed E-state index contributed by atoms with van der Waals surface area (Å²) in [6, 6.07) is 17.2. The predicted octanol–water partition coefficient (Wildman–Crippen LogP) is 5.64. The number of rotatable bonds is 2. The molecule has 0 saturated carbocycles. The number of hydrogen-bond donors (Lipinski definition) is 0. The van der Waals surface area contributed by atoms with Crippen LogP contribution < -0.4 is 0 Å². The van der Waals surface area contributed by atoms with Crippen molar-refractivity contribution in [2.45, 2.75) is 0 Å². The van der Waals surface area contributed by atoms with E-state index < -0.39 is 0 Å². The topological polar surface area (TPSA) is 30.2 Å². The van der Waals surface area contributed by atoms with Crippen LogP contribution in [0.1, 0.15) is 15.2 Å². The van der Waals surface area contributed by atoms with E-state index in [1.807, 2.05) is 54.6 Å². The number of hydrogen-bond acceptors (Lipinski definition) is 3. The highest BCUT2D eigenvalue weighted by Gasteiger charge is 2.14. The number of para-hydroxylation sites is 1. The summed E-state index contributed by atoms with van der Waals surface area (Å²) in [5.74, 6) is 0.0397. The first kappa shape index (κ1) is 12.8. The number of furan rings is 1. The van der Waals surface area contributed by atoms with Crippen molar-refractivity contribution in [1.82, 2.24) is 0 Å². The Morgan fingerprint density at radius 3 is 2.57 bits per heavy atom. The predicted molar refractivity (Wildman–Crippen MR) is 89.2 cm³/mol. The molecule has 0 atom stereocenters. The minimum Gasteiger partial charge on any atom is -0.456 e. The van der Waals surface area contributed by atoms with E-state index in [0.29, 0.717) is 5.56 Å². The van der Waals surface area contributed by atoms with Gasteiger partial charge in [-0.2, -0.15) is 0 Å². The second kappa shape index (κ2) is 4.83. The third-order valence-corrected chi connectivity index (χ3v) is 5.06. The molecule has 0 aliphatic carbocycles. The first-order valence-corrected chi connectivity index (χ1v) is 8.05. The van der Waals surface area contributed by atoms with Gasteiger partial charge in [0.2, 0.25) is 5.78 Å². The molecule has 0 unspecified atom stereocenters. The van der Waals surface area contributed by atoms with E-state index in [9.17, 15) is 4.79 Å². The van der Waals surface area contributed by atoms with Crippen LogP contribution in [0.15, 0.2) is 62.8 Å². The molecule has 2 aromatic carbocycles. The number of halogens is 1. The maximum Gasteiger partial charge on any atom is 0.203 e. The highest BCUT2D eigenvalue weighted by atomic mass is 79.9. The number of ketones is 1. The van der Waals surface area contributed by atoms with Crippen LogP contribution in [-0.4, -0.2) is 5.78 Å². The Hall–Kier alpha value is -1.91. The molecular weight excluding hydrogens is 348 g/mol. The Bertz CT molecular complexity index is 981. The molecule has 0 aliphatic heterocycles. The first-order chi connectivity index (χ1) is 10.2. The fourth-order valence-electron chi connectivity index (χ4n) is 2.45. The van der Waals surface area contributed by atoms with Gasteiger partial charge in [-0.15, -0.1) is 11.3 Å². The minimum absolute atomic E-state index is 0.0397. The third kappa shape index (κ3) is 2.11. The Morgan fingerprint density at radius 1 is 0.952 bits per heavy atom. The van der Waals surface area contributed by atoms with Gasteiger partial charge in [0, 0.05) is 16.3 Å². The zero-order valence-corrected chi connectivity index (χ0v) is 13.2. The molecule has 102 valence electrons. The molecule has 0 spiro atoms. The minimum atomic E-state index is 0.0397. The lowest BCUT2D eigenvalue weighted by atomic mass is 10.1. The summed E-state index contributed by atoms with van der Waals surface area (Å²) in [7, 11) is 0. The maximum atomic E-state index is 12.5. The molecule has 0 saturated heterocycles. The van der Waals surface area contributed by atoms with Crippen LogP contribution in [-0.2, 0) is 0 Å². The van der Waals surface area contributed by atoms with Crippen LogP contribution in [0.25, 0.3) is 21.9 Å². The Labute approximate surface area is 133 Å². The van der Waals surface area contributed by atoms with E-state index in [-0.39, 0.29) is 5.78 Å². The number of benzene rings is 2. The van der Waals surface area contributed by atoms with Crippen molar-refractivity contribution < 1.29 is 9.21 Å². The lowest BCUT2D eigenvalue weighted by Crippen LogP contribution is -1.97. The lowest BCUT2D eigenvalue weighted by Gasteiger charge is -1.98. The first-order valence-electron chi connectivity index (χ1n) is 6.44. The van der Waals surface area contributed by atoms with E-state index in [2.05, 4.69) is 15.9 Å². The van der Waals surface area contributed by atoms with Crippen molar-refractivity contribution >= 4 is 55.0 Å². The van der Waals surface area contributed by atoms with Gasteiger partial charge in [-0.05, 0) is 52.3 Å². The molecule has 0 N–H and O–H groups in total. The van der Waals surface area contributed by atoms with E-state index in [1.165, 1.54) is 11.3 Å². The van der Waals surface area contributed by atoms with Crippen molar-refractivity contribution in [2.24, 2.45) is 0 Å². The second-order valence-corrected chi connectivity index (χ2v) is 7.21. The normalized spacial score (nSPS) is 11.3. The van der Waals surface area contributed by atoms with Gasteiger partial charge in [-0.1, -0.05) is 18.2 Å². The van der Waals surface area contributed by atoms with Gasteiger partial charge in [-0.3, -0.25) is 4.79 Å². The summed E-state index contributed by atoms with van der Waals surface area (Å²) in [6.45, 7) is 0. The second-order valence-electron chi connectivity index (χ2n) is 4.74. The summed E-state index contributed by atoms with van der Waals surface area (Å²) in [6.07, 6.45) is 0. The Morgan fingerprint density at radius 2 is 1.76 bits per heavy atom. The summed E-state index contributed by atoms with van der Waals surface area (Å²) in [4.78, 5) is 13.3. The molecule has 0 bridgehead atoms. The molecule has 21 heavy (non-hydrogen) atoms. The van der Waals surface area contributed by atoms with Crippen LogP contribution in [0.2, 0.25) is 0 Å². The zero-order valence-electron chi connectivity index (χ0n) is 10.8. The summed E-state index contributed by atoms with van der Waals surface area (Å²) < 4.78 is 6.74. The summed E-state index contributed by atoms with van der Waals surface area (Å²) >= 11 is 4.84.